The van der Waals surface area contributed by atoms with E-state index < -0.39 is 22.7 Å². The van der Waals surface area contributed by atoms with E-state index in [-0.39, 0.29) is 19.2 Å². The molecule has 0 fully saturated rings. The van der Waals surface area contributed by atoms with E-state index in [1.807, 2.05) is 7.05 Å². The Hall–Kier alpha value is -0.296. The molecule has 186 valence electrons. The van der Waals surface area contributed by atoms with E-state index in [0.717, 1.165) is 31.4 Å². The lowest BCUT2D eigenvalue weighted by Gasteiger charge is -2.33. The molecule has 0 aliphatic carbocycles. The molecule has 0 aliphatic heterocycles. The van der Waals surface area contributed by atoms with Crippen molar-refractivity contribution in [3.63, 3.8) is 0 Å². The van der Waals surface area contributed by atoms with Crippen molar-refractivity contribution in [2.45, 2.75) is 103 Å². The molecule has 0 saturated carbocycles. The fourth-order valence-corrected chi connectivity index (χ4v) is 11.1. The Labute approximate surface area is 193 Å². The van der Waals surface area contributed by atoms with Crippen LogP contribution in [0.1, 0.15) is 46.5 Å². The molecule has 0 saturated heterocycles. The fraction of sp³-hybridized carbons (Fsp3) is 0.955. The molecule has 0 spiro atoms. The molecule has 31 heavy (non-hydrogen) atoms. The van der Waals surface area contributed by atoms with Crippen molar-refractivity contribution >= 4 is 22.6 Å². The summed E-state index contributed by atoms with van der Waals surface area (Å²) in [5.41, 5.74) is 0. The second-order valence-electron chi connectivity index (χ2n) is 9.86. The first-order valence-corrected chi connectivity index (χ1v) is 18.2. The summed E-state index contributed by atoms with van der Waals surface area (Å²) >= 11 is 0. The highest BCUT2D eigenvalue weighted by Crippen LogP contribution is 2.22. The predicted octanol–water partition coefficient (Wildman–Crippen LogP) is 3.50. The van der Waals surface area contributed by atoms with Gasteiger partial charge in [-0.3, -0.25) is 4.79 Å². The molecular formula is C22H50N2O5Si2. The van der Waals surface area contributed by atoms with Gasteiger partial charge in [-0.25, -0.2) is 0 Å². The largest absolute Gasteiger partial charge is 0.463 e. The Morgan fingerprint density at radius 2 is 1.68 bits per heavy atom. The Balaban J connectivity index is 3.78. The third kappa shape index (κ3) is 17.9. The molecule has 0 heterocycles. The number of hydrogen-bond donors (Lipinski definition) is 3. The molecular weight excluding hydrogens is 428 g/mol. The molecule has 0 radical (unpaired) electrons. The van der Waals surface area contributed by atoms with Gasteiger partial charge in [-0.05, 0) is 78.4 Å². The normalized spacial score (nSPS) is 15.5. The summed E-state index contributed by atoms with van der Waals surface area (Å²) in [6.45, 7) is 16.9. The molecule has 0 aliphatic rings. The third-order valence-corrected chi connectivity index (χ3v) is 13.2. The van der Waals surface area contributed by atoms with Crippen LogP contribution in [-0.2, 0) is 18.4 Å². The molecule has 0 aromatic rings. The zero-order valence-corrected chi connectivity index (χ0v) is 23.4. The van der Waals surface area contributed by atoms with Crippen LogP contribution in [0, 0.1) is 0 Å². The highest BCUT2D eigenvalue weighted by Gasteiger charge is 2.31. The van der Waals surface area contributed by atoms with Crippen LogP contribution in [0.2, 0.25) is 38.3 Å². The first-order chi connectivity index (χ1) is 14.4. The minimum Gasteiger partial charge on any atom is -0.463 e. The van der Waals surface area contributed by atoms with Crippen molar-refractivity contribution in [2.75, 3.05) is 33.4 Å². The number of aliphatic hydroxyl groups is 1. The molecule has 3 unspecified atom stereocenters. The monoisotopic (exact) mass is 478 g/mol. The number of esters is 1. The van der Waals surface area contributed by atoms with Crippen molar-refractivity contribution in [1.82, 2.24) is 10.6 Å². The standard InChI is InChI=1S/C22H50N2O5Si2/c1-9-30(5,6)29-31(7,8)16-10-15-27-17-21(25)18-28-22(26)13-14-24-20(3)12-11-19(2)23-4/h19-21,23-25H,9-18H2,1-8H3. The summed E-state index contributed by atoms with van der Waals surface area (Å²) in [6, 6.07) is 3.04. The average molecular weight is 479 g/mol. The van der Waals surface area contributed by atoms with Gasteiger partial charge in [0.05, 0.1) is 13.0 Å². The SMILES string of the molecule is CC[Si](C)(C)O[Si](C)(C)CCCOCC(O)COC(=O)CCNC(C)CCC(C)NC. The summed E-state index contributed by atoms with van der Waals surface area (Å²) in [5, 5.41) is 16.5. The molecule has 3 N–H and O–H groups in total. The van der Waals surface area contributed by atoms with Crippen LogP contribution in [0.15, 0.2) is 0 Å². The van der Waals surface area contributed by atoms with E-state index in [1.54, 1.807) is 0 Å². The zero-order valence-electron chi connectivity index (χ0n) is 21.4. The van der Waals surface area contributed by atoms with Crippen molar-refractivity contribution in [3.8, 4) is 0 Å². The van der Waals surface area contributed by atoms with Crippen LogP contribution in [-0.4, -0.2) is 79.3 Å². The van der Waals surface area contributed by atoms with Gasteiger partial charge in [0, 0.05) is 25.2 Å². The fourth-order valence-electron chi connectivity index (χ4n) is 3.17. The van der Waals surface area contributed by atoms with E-state index in [9.17, 15) is 9.90 Å². The molecule has 0 bridgehead atoms. The van der Waals surface area contributed by atoms with Gasteiger partial charge in [0.25, 0.3) is 0 Å². The quantitative estimate of drug-likeness (QED) is 0.149. The Bertz CT molecular complexity index is 481. The Morgan fingerprint density at radius 1 is 1.03 bits per heavy atom. The zero-order chi connectivity index (χ0) is 23.9. The summed E-state index contributed by atoms with van der Waals surface area (Å²) in [4.78, 5) is 11.8. The second kappa shape index (κ2) is 16.3. The van der Waals surface area contributed by atoms with Crippen LogP contribution in [0.3, 0.4) is 0 Å². The third-order valence-electron chi connectivity index (χ3n) is 5.57. The first kappa shape index (κ1) is 30.7. The number of nitrogens with one attached hydrogen (secondary N) is 2. The van der Waals surface area contributed by atoms with Gasteiger partial charge in [-0.1, -0.05) is 6.92 Å². The number of carbonyl (C=O) groups is 1. The summed E-state index contributed by atoms with van der Waals surface area (Å²) < 4.78 is 17.2. The molecule has 0 aromatic heterocycles. The minimum absolute atomic E-state index is 0.0201. The van der Waals surface area contributed by atoms with Gasteiger partial charge in [0.2, 0.25) is 0 Å². The van der Waals surface area contributed by atoms with Gasteiger partial charge in [0.15, 0.2) is 16.6 Å². The summed E-state index contributed by atoms with van der Waals surface area (Å²) in [5.74, 6) is -0.296. The molecule has 7 nitrogen and oxygen atoms in total. The van der Waals surface area contributed by atoms with E-state index >= 15 is 0 Å². The van der Waals surface area contributed by atoms with E-state index in [2.05, 4.69) is 57.6 Å². The maximum Gasteiger partial charge on any atom is 0.307 e. The van der Waals surface area contributed by atoms with Crippen LogP contribution < -0.4 is 10.6 Å². The van der Waals surface area contributed by atoms with Crippen molar-refractivity contribution in [3.05, 3.63) is 0 Å². The van der Waals surface area contributed by atoms with Crippen molar-refractivity contribution in [1.29, 1.82) is 0 Å². The molecule has 0 rings (SSSR count). The number of hydrogen-bond acceptors (Lipinski definition) is 7. The average Bonchev–Trinajstić information content (AvgIpc) is 2.69. The maximum atomic E-state index is 11.8. The number of ether oxygens (including phenoxy) is 2. The second-order valence-corrected chi connectivity index (χ2v) is 18.9. The van der Waals surface area contributed by atoms with Crippen LogP contribution in [0.4, 0.5) is 0 Å². The Morgan fingerprint density at radius 3 is 2.29 bits per heavy atom. The van der Waals surface area contributed by atoms with Gasteiger partial charge in [-0.2, -0.15) is 0 Å². The van der Waals surface area contributed by atoms with E-state index in [0.29, 0.717) is 31.7 Å². The molecule has 0 aromatic carbocycles. The van der Waals surface area contributed by atoms with Crippen LogP contribution in [0.5, 0.6) is 0 Å². The highest BCUT2D eigenvalue weighted by molar-refractivity contribution is 6.84. The van der Waals surface area contributed by atoms with Gasteiger partial charge in [0.1, 0.15) is 12.7 Å². The molecule has 0 amide bonds. The summed E-state index contributed by atoms with van der Waals surface area (Å²) in [6.07, 6.45) is 2.59. The Kier molecular flexibility index (Phi) is 16.2. The van der Waals surface area contributed by atoms with Gasteiger partial charge in [-0.15, -0.1) is 0 Å². The summed E-state index contributed by atoms with van der Waals surface area (Å²) in [7, 11) is -1.22. The molecule has 9 heteroatoms. The topological polar surface area (TPSA) is 89.1 Å². The number of carbonyl (C=O) groups excluding carboxylic acids is 1. The van der Waals surface area contributed by atoms with Crippen molar-refractivity contribution in [2.24, 2.45) is 0 Å². The predicted molar refractivity (Wildman–Crippen MR) is 134 cm³/mol. The minimum atomic E-state index is -1.66. The lowest BCUT2D eigenvalue weighted by atomic mass is 10.1. The van der Waals surface area contributed by atoms with Crippen molar-refractivity contribution < 1.29 is 23.5 Å². The van der Waals surface area contributed by atoms with Gasteiger partial charge >= 0.3 is 5.97 Å². The van der Waals surface area contributed by atoms with E-state index in [4.69, 9.17) is 13.6 Å². The van der Waals surface area contributed by atoms with E-state index in [1.165, 1.54) is 0 Å². The lowest BCUT2D eigenvalue weighted by Crippen LogP contribution is -2.43. The maximum absolute atomic E-state index is 11.8. The van der Waals surface area contributed by atoms with Gasteiger partial charge < -0.3 is 29.3 Å². The molecule has 3 atom stereocenters. The van der Waals surface area contributed by atoms with Crippen LogP contribution in [0.25, 0.3) is 0 Å². The smallest absolute Gasteiger partial charge is 0.307 e. The highest BCUT2D eigenvalue weighted by atomic mass is 28.4. The first-order valence-electron chi connectivity index (χ1n) is 11.9. The lowest BCUT2D eigenvalue weighted by molar-refractivity contribution is -0.147. The number of rotatable bonds is 19. The van der Waals surface area contributed by atoms with Crippen LogP contribution >= 0.6 is 0 Å². The number of aliphatic hydroxyl groups excluding tert-OH is 1.